The Morgan fingerprint density at radius 1 is 1.27 bits per heavy atom. The van der Waals surface area contributed by atoms with Gasteiger partial charge in [-0.15, -0.1) is 0 Å². The second-order valence-corrected chi connectivity index (χ2v) is 9.66. The first kappa shape index (κ1) is 14.4. The molecule has 0 amide bonds. The molecular weight excluding hydrogens is 204 g/mol. The second kappa shape index (κ2) is 7.68. The summed E-state index contributed by atoms with van der Waals surface area (Å²) in [6, 6.07) is 5.31. The van der Waals surface area contributed by atoms with Gasteiger partial charge in [-0.25, -0.2) is 4.79 Å². The monoisotopic (exact) mass is 228 g/mol. The van der Waals surface area contributed by atoms with E-state index in [-0.39, 0.29) is 5.97 Å². The Morgan fingerprint density at radius 2 is 1.80 bits per heavy atom. The standard InChI is InChI=1S/C12H24O2Si/c1-5-12(13)14-10-9-11-15(6-2,7-3)8-4/h5H,1,6-11H2,2-4H3. The van der Waals surface area contributed by atoms with Crippen molar-refractivity contribution in [1.29, 1.82) is 0 Å². The summed E-state index contributed by atoms with van der Waals surface area (Å²) in [5.74, 6) is -0.299. The smallest absolute Gasteiger partial charge is 0.330 e. The molecule has 0 aliphatic rings. The number of ether oxygens (including phenoxy) is 1. The summed E-state index contributed by atoms with van der Waals surface area (Å²) in [6.45, 7) is 10.8. The van der Waals surface area contributed by atoms with E-state index in [0.29, 0.717) is 6.61 Å². The summed E-state index contributed by atoms with van der Waals surface area (Å²) >= 11 is 0. The van der Waals surface area contributed by atoms with Crippen LogP contribution >= 0.6 is 0 Å². The molecule has 0 fully saturated rings. The molecule has 0 radical (unpaired) electrons. The van der Waals surface area contributed by atoms with E-state index >= 15 is 0 Å². The van der Waals surface area contributed by atoms with Gasteiger partial charge in [0.1, 0.15) is 0 Å². The number of carbonyl (C=O) groups is 1. The largest absolute Gasteiger partial charge is 0.463 e. The van der Waals surface area contributed by atoms with Crippen molar-refractivity contribution in [3.05, 3.63) is 12.7 Å². The lowest BCUT2D eigenvalue weighted by Gasteiger charge is -2.27. The fraction of sp³-hybridized carbons (Fsp3) is 0.750. The minimum atomic E-state index is -1.02. The van der Waals surface area contributed by atoms with Crippen LogP contribution in [0.15, 0.2) is 12.7 Å². The number of hydrogen-bond donors (Lipinski definition) is 0. The van der Waals surface area contributed by atoms with Gasteiger partial charge >= 0.3 is 5.97 Å². The Morgan fingerprint density at radius 3 is 2.20 bits per heavy atom. The summed E-state index contributed by atoms with van der Waals surface area (Å²) in [7, 11) is -1.02. The normalized spacial score (nSPS) is 11.1. The van der Waals surface area contributed by atoms with E-state index in [0.717, 1.165) is 6.42 Å². The highest BCUT2D eigenvalue weighted by Crippen LogP contribution is 2.26. The lowest BCUT2D eigenvalue weighted by Crippen LogP contribution is -2.31. The average Bonchev–Trinajstić information content (AvgIpc) is 2.30. The van der Waals surface area contributed by atoms with Crippen LogP contribution in [0.2, 0.25) is 24.2 Å². The minimum Gasteiger partial charge on any atom is -0.463 e. The second-order valence-electron chi connectivity index (χ2n) is 4.04. The van der Waals surface area contributed by atoms with Gasteiger partial charge in [0.2, 0.25) is 0 Å². The molecule has 0 unspecified atom stereocenters. The van der Waals surface area contributed by atoms with Gasteiger partial charge < -0.3 is 4.74 Å². The van der Waals surface area contributed by atoms with E-state index in [1.54, 1.807) is 0 Å². The maximum atomic E-state index is 10.8. The van der Waals surface area contributed by atoms with Gasteiger partial charge in [-0.1, -0.05) is 51.5 Å². The van der Waals surface area contributed by atoms with Crippen LogP contribution < -0.4 is 0 Å². The van der Waals surface area contributed by atoms with E-state index < -0.39 is 8.07 Å². The van der Waals surface area contributed by atoms with Crippen molar-refractivity contribution >= 4 is 14.0 Å². The van der Waals surface area contributed by atoms with Crippen LogP contribution in [0.25, 0.3) is 0 Å². The molecule has 0 aromatic rings. The lowest BCUT2D eigenvalue weighted by atomic mass is 10.5. The fourth-order valence-electron chi connectivity index (χ4n) is 1.96. The summed E-state index contributed by atoms with van der Waals surface area (Å²) in [4.78, 5) is 10.8. The van der Waals surface area contributed by atoms with E-state index in [2.05, 4.69) is 27.4 Å². The van der Waals surface area contributed by atoms with Crippen LogP contribution in [0.4, 0.5) is 0 Å². The summed E-state index contributed by atoms with van der Waals surface area (Å²) in [5.41, 5.74) is 0. The van der Waals surface area contributed by atoms with Crippen LogP contribution in [0, 0.1) is 0 Å². The third-order valence-electron chi connectivity index (χ3n) is 3.51. The van der Waals surface area contributed by atoms with Crippen molar-refractivity contribution in [3.8, 4) is 0 Å². The highest BCUT2D eigenvalue weighted by atomic mass is 28.3. The molecule has 15 heavy (non-hydrogen) atoms. The summed E-state index contributed by atoms with van der Waals surface area (Å²) in [6.07, 6.45) is 2.24. The van der Waals surface area contributed by atoms with Gasteiger partial charge in [-0.3, -0.25) is 0 Å². The van der Waals surface area contributed by atoms with Crippen molar-refractivity contribution in [1.82, 2.24) is 0 Å². The van der Waals surface area contributed by atoms with Crippen LogP contribution in [-0.4, -0.2) is 20.7 Å². The molecule has 0 N–H and O–H groups in total. The van der Waals surface area contributed by atoms with E-state index in [1.807, 2.05) is 0 Å². The summed E-state index contributed by atoms with van der Waals surface area (Å²) < 4.78 is 4.99. The highest BCUT2D eigenvalue weighted by molar-refractivity contribution is 6.79. The SMILES string of the molecule is C=CC(=O)OCCC[Si](CC)(CC)CC. The molecule has 2 nitrogen and oxygen atoms in total. The highest BCUT2D eigenvalue weighted by Gasteiger charge is 2.25. The maximum Gasteiger partial charge on any atom is 0.330 e. The number of carbonyl (C=O) groups excluding carboxylic acids is 1. The van der Waals surface area contributed by atoms with E-state index in [4.69, 9.17) is 4.74 Å². The van der Waals surface area contributed by atoms with Crippen LogP contribution in [0.5, 0.6) is 0 Å². The Labute approximate surface area is 94.7 Å². The molecule has 0 aliphatic heterocycles. The number of hydrogen-bond acceptors (Lipinski definition) is 2. The Balaban J connectivity index is 3.81. The van der Waals surface area contributed by atoms with E-state index in [9.17, 15) is 4.79 Å². The first-order valence-electron chi connectivity index (χ1n) is 5.93. The molecule has 0 rings (SSSR count). The van der Waals surface area contributed by atoms with Gasteiger partial charge in [0.15, 0.2) is 0 Å². The zero-order valence-electron chi connectivity index (χ0n) is 10.3. The zero-order chi connectivity index (χ0) is 11.7. The van der Waals surface area contributed by atoms with Crippen molar-refractivity contribution in [3.63, 3.8) is 0 Å². The van der Waals surface area contributed by atoms with Crippen molar-refractivity contribution < 1.29 is 9.53 Å². The van der Waals surface area contributed by atoms with Gasteiger partial charge in [0.05, 0.1) is 14.7 Å². The Hall–Kier alpha value is -0.573. The zero-order valence-corrected chi connectivity index (χ0v) is 11.3. The topological polar surface area (TPSA) is 26.3 Å². The van der Waals surface area contributed by atoms with Gasteiger partial charge in [-0.2, -0.15) is 0 Å². The molecule has 0 saturated heterocycles. The fourth-order valence-corrected chi connectivity index (χ4v) is 5.41. The Kier molecular flexibility index (Phi) is 7.39. The van der Waals surface area contributed by atoms with Crippen LogP contribution in [-0.2, 0) is 9.53 Å². The quantitative estimate of drug-likeness (QED) is 0.274. The molecule has 88 valence electrons. The molecule has 0 saturated carbocycles. The molecule has 0 aromatic heterocycles. The number of esters is 1. The molecule has 0 bridgehead atoms. The first-order valence-corrected chi connectivity index (χ1v) is 8.76. The molecule has 0 aliphatic carbocycles. The maximum absolute atomic E-state index is 10.8. The molecule has 0 atom stereocenters. The van der Waals surface area contributed by atoms with Gasteiger partial charge in [0, 0.05) is 6.08 Å². The minimum absolute atomic E-state index is 0.299. The molecule has 0 aromatic carbocycles. The van der Waals surface area contributed by atoms with Gasteiger partial charge in [-0.05, 0) is 6.42 Å². The lowest BCUT2D eigenvalue weighted by molar-refractivity contribution is -0.137. The van der Waals surface area contributed by atoms with Crippen molar-refractivity contribution in [2.75, 3.05) is 6.61 Å². The molecule has 0 spiro atoms. The number of rotatable bonds is 8. The van der Waals surface area contributed by atoms with Crippen molar-refractivity contribution in [2.24, 2.45) is 0 Å². The summed E-state index contributed by atoms with van der Waals surface area (Å²) in [5, 5.41) is 0. The predicted molar refractivity (Wildman–Crippen MR) is 67.8 cm³/mol. The predicted octanol–water partition coefficient (Wildman–Crippen LogP) is 3.61. The molecule has 3 heteroatoms. The van der Waals surface area contributed by atoms with Gasteiger partial charge in [0.25, 0.3) is 0 Å². The van der Waals surface area contributed by atoms with Crippen LogP contribution in [0.1, 0.15) is 27.2 Å². The third-order valence-corrected chi connectivity index (χ3v) is 9.43. The van der Waals surface area contributed by atoms with Crippen molar-refractivity contribution in [2.45, 2.75) is 51.4 Å². The third kappa shape index (κ3) is 5.16. The van der Waals surface area contributed by atoms with E-state index in [1.165, 1.54) is 30.3 Å². The Bertz CT molecular complexity index is 190. The molecule has 0 heterocycles. The average molecular weight is 228 g/mol. The van der Waals surface area contributed by atoms with Crippen LogP contribution in [0.3, 0.4) is 0 Å². The molecular formula is C12H24O2Si. The first-order chi connectivity index (χ1) is 7.14.